The Morgan fingerprint density at radius 2 is 2.00 bits per heavy atom. The molecule has 0 atom stereocenters. The largest absolute Gasteiger partial charge is 0.494 e. The molecule has 0 aliphatic carbocycles. The van der Waals surface area contributed by atoms with E-state index < -0.39 is 11.9 Å². The zero-order valence-corrected chi connectivity index (χ0v) is 10.3. The van der Waals surface area contributed by atoms with E-state index in [0.717, 1.165) is 11.3 Å². The minimum Gasteiger partial charge on any atom is -0.494 e. The van der Waals surface area contributed by atoms with Crippen molar-refractivity contribution in [2.45, 2.75) is 19.8 Å². The van der Waals surface area contributed by atoms with E-state index in [0.29, 0.717) is 13.0 Å². The summed E-state index contributed by atoms with van der Waals surface area (Å²) in [5, 5.41) is 0. The molecule has 0 saturated heterocycles. The fourth-order valence-corrected chi connectivity index (χ4v) is 1.47. The van der Waals surface area contributed by atoms with Gasteiger partial charge in [0.1, 0.15) is 5.75 Å². The monoisotopic (exact) mass is 251 g/mol. The van der Waals surface area contributed by atoms with Crippen LogP contribution < -0.4 is 10.5 Å². The van der Waals surface area contributed by atoms with Crippen LogP contribution in [0.4, 0.5) is 0 Å². The topological polar surface area (TPSA) is 78.6 Å². The van der Waals surface area contributed by atoms with Gasteiger partial charge >= 0.3 is 5.97 Å². The molecule has 0 unspecified atom stereocenters. The van der Waals surface area contributed by atoms with Crippen molar-refractivity contribution in [2.75, 3.05) is 13.2 Å². The van der Waals surface area contributed by atoms with Crippen molar-refractivity contribution < 1.29 is 19.1 Å². The quantitative estimate of drug-likeness (QED) is 0.734. The lowest BCUT2D eigenvalue weighted by Crippen LogP contribution is -2.21. The molecule has 0 fully saturated rings. The maximum atomic E-state index is 11.3. The molecular weight excluding hydrogens is 234 g/mol. The van der Waals surface area contributed by atoms with Crippen molar-refractivity contribution in [1.29, 1.82) is 0 Å². The number of aryl methyl sites for hydroxylation is 1. The van der Waals surface area contributed by atoms with Gasteiger partial charge in [-0.25, -0.2) is 0 Å². The Bertz CT molecular complexity index is 417. The van der Waals surface area contributed by atoms with E-state index in [4.69, 9.17) is 10.5 Å². The Kier molecular flexibility index (Phi) is 5.70. The fourth-order valence-electron chi connectivity index (χ4n) is 1.47. The standard InChI is InChI=1S/C13H17NO4/c1-2-17-11-6-4-3-5-10(11)7-8-13(16)18-9-12(14)15/h3-6H,2,7-9H2,1H3,(H2,14,15). The molecule has 2 N–H and O–H groups in total. The minimum atomic E-state index is -0.655. The molecule has 0 saturated carbocycles. The highest BCUT2D eigenvalue weighted by Crippen LogP contribution is 2.19. The number of amides is 1. The molecule has 98 valence electrons. The van der Waals surface area contributed by atoms with Gasteiger partial charge < -0.3 is 15.2 Å². The predicted octanol–water partition coefficient (Wildman–Crippen LogP) is 1.05. The number of primary amides is 1. The Balaban J connectivity index is 2.47. The Morgan fingerprint density at radius 1 is 1.28 bits per heavy atom. The lowest BCUT2D eigenvalue weighted by atomic mass is 10.1. The number of carbonyl (C=O) groups is 2. The van der Waals surface area contributed by atoms with Crippen LogP contribution in [0.25, 0.3) is 0 Å². The van der Waals surface area contributed by atoms with E-state index in [1.165, 1.54) is 0 Å². The first kappa shape index (κ1) is 14.0. The summed E-state index contributed by atoms with van der Waals surface area (Å²) in [4.78, 5) is 21.8. The first-order valence-corrected chi connectivity index (χ1v) is 5.78. The van der Waals surface area contributed by atoms with Crippen LogP contribution >= 0.6 is 0 Å². The zero-order chi connectivity index (χ0) is 13.4. The number of hydrogen-bond donors (Lipinski definition) is 1. The molecule has 0 aliphatic heterocycles. The average Bonchev–Trinajstić information content (AvgIpc) is 2.35. The summed E-state index contributed by atoms with van der Waals surface area (Å²) >= 11 is 0. The van der Waals surface area contributed by atoms with Gasteiger partial charge in [-0.1, -0.05) is 18.2 Å². The molecule has 0 heterocycles. The predicted molar refractivity (Wildman–Crippen MR) is 66.1 cm³/mol. The molecule has 18 heavy (non-hydrogen) atoms. The van der Waals surface area contributed by atoms with Crippen LogP contribution in [0.5, 0.6) is 5.75 Å². The summed E-state index contributed by atoms with van der Waals surface area (Å²) in [6.07, 6.45) is 0.700. The van der Waals surface area contributed by atoms with Crippen molar-refractivity contribution in [3.63, 3.8) is 0 Å². The Hall–Kier alpha value is -2.04. The lowest BCUT2D eigenvalue weighted by Gasteiger charge is -2.09. The lowest BCUT2D eigenvalue weighted by molar-refractivity contribution is -0.147. The van der Waals surface area contributed by atoms with E-state index in [-0.39, 0.29) is 13.0 Å². The molecule has 0 aliphatic rings. The second-order valence-corrected chi connectivity index (χ2v) is 3.67. The highest BCUT2D eigenvalue weighted by Gasteiger charge is 2.08. The SMILES string of the molecule is CCOc1ccccc1CCC(=O)OCC(N)=O. The van der Waals surface area contributed by atoms with Gasteiger partial charge in [0.2, 0.25) is 0 Å². The van der Waals surface area contributed by atoms with Gasteiger partial charge in [-0.05, 0) is 25.0 Å². The van der Waals surface area contributed by atoms with Crippen LogP contribution in [0.1, 0.15) is 18.9 Å². The van der Waals surface area contributed by atoms with E-state index in [1.807, 2.05) is 31.2 Å². The summed E-state index contributed by atoms with van der Waals surface area (Å²) in [6, 6.07) is 7.51. The van der Waals surface area contributed by atoms with Crippen molar-refractivity contribution in [1.82, 2.24) is 0 Å². The molecule has 1 aromatic rings. The smallest absolute Gasteiger partial charge is 0.306 e. The third kappa shape index (κ3) is 4.86. The molecule has 5 heteroatoms. The van der Waals surface area contributed by atoms with Crippen LogP contribution in [-0.4, -0.2) is 25.1 Å². The number of esters is 1. The van der Waals surface area contributed by atoms with E-state index in [2.05, 4.69) is 4.74 Å². The van der Waals surface area contributed by atoms with E-state index >= 15 is 0 Å². The number of benzene rings is 1. The molecule has 0 bridgehead atoms. The van der Waals surface area contributed by atoms with Gasteiger partial charge in [-0.2, -0.15) is 0 Å². The van der Waals surface area contributed by atoms with Crippen LogP contribution in [-0.2, 0) is 20.7 Å². The fraction of sp³-hybridized carbons (Fsp3) is 0.385. The van der Waals surface area contributed by atoms with Gasteiger partial charge in [0, 0.05) is 6.42 Å². The van der Waals surface area contributed by atoms with Crippen molar-refractivity contribution in [3.05, 3.63) is 29.8 Å². The van der Waals surface area contributed by atoms with Crippen molar-refractivity contribution in [2.24, 2.45) is 5.73 Å². The van der Waals surface area contributed by atoms with Crippen molar-refractivity contribution >= 4 is 11.9 Å². The van der Waals surface area contributed by atoms with Gasteiger partial charge in [-0.3, -0.25) is 9.59 Å². The maximum Gasteiger partial charge on any atom is 0.306 e. The molecule has 1 amide bonds. The third-order valence-corrected chi connectivity index (χ3v) is 2.25. The van der Waals surface area contributed by atoms with Crippen LogP contribution in [0.2, 0.25) is 0 Å². The number of carbonyl (C=O) groups excluding carboxylic acids is 2. The molecule has 0 spiro atoms. The highest BCUT2D eigenvalue weighted by molar-refractivity contribution is 5.79. The number of rotatable bonds is 7. The first-order valence-electron chi connectivity index (χ1n) is 5.78. The van der Waals surface area contributed by atoms with Crippen molar-refractivity contribution in [3.8, 4) is 5.75 Å². The summed E-state index contributed by atoms with van der Waals surface area (Å²) in [7, 11) is 0. The van der Waals surface area contributed by atoms with Crippen LogP contribution in [0.3, 0.4) is 0 Å². The van der Waals surface area contributed by atoms with Gasteiger partial charge in [-0.15, -0.1) is 0 Å². The second kappa shape index (κ2) is 7.32. The number of para-hydroxylation sites is 1. The van der Waals surface area contributed by atoms with Gasteiger partial charge in [0.05, 0.1) is 6.61 Å². The van der Waals surface area contributed by atoms with Gasteiger partial charge in [0.25, 0.3) is 5.91 Å². The number of ether oxygens (including phenoxy) is 2. The van der Waals surface area contributed by atoms with E-state index in [1.54, 1.807) is 0 Å². The van der Waals surface area contributed by atoms with Crippen LogP contribution in [0, 0.1) is 0 Å². The first-order chi connectivity index (χ1) is 8.63. The summed E-state index contributed by atoms with van der Waals surface area (Å²) in [6.45, 7) is 2.10. The maximum absolute atomic E-state index is 11.3. The molecule has 5 nitrogen and oxygen atoms in total. The number of nitrogens with two attached hydrogens (primary N) is 1. The summed E-state index contributed by atoms with van der Waals surface area (Å²) in [5.74, 6) is -0.333. The van der Waals surface area contributed by atoms with Gasteiger partial charge in [0.15, 0.2) is 6.61 Å². The molecular formula is C13H17NO4. The minimum absolute atomic E-state index is 0.192. The normalized spacial score (nSPS) is 9.83. The molecule has 1 rings (SSSR count). The Labute approximate surface area is 106 Å². The summed E-state index contributed by atoms with van der Waals surface area (Å²) < 4.78 is 10.1. The molecule has 0 aromatic heterocycles. The third-order valence-electron chi connectivity index (χ3n) is 2.25. The number of hydrogen-bond acceptors (Lipinski definition) is 4. The average molecular weight is 251 g/mol. The van der Waals surface area contributed by atoms with E-state index in [9.17, 15) is 9.59 Å². The summed E-state index contributed by atoms with van der Waals surface area (Å²) in [5.41, 5.74) is 5.82. The second-order valence-electron chi connectivity index (χ2n) is 3.67. The zero-order valence-electron chi connectivity index (χ0n) is 10.3. The van der Waals surface area contributed by atoms with Crippen LogP contribution in [0.15, 0.2) is 24.3 Å². The Morgan fingerprint density at radius 3 is 2.67 bits per heavy atom. The molecule has 1 aromatic carbocycles. The molecule has 0 radical (unpaired) electrons. The highest BCUT2D eigenvalue weighted by atomic mass is 16.5.